The van der Waals surface area contributed by atoms with Gasteiger partial charge in [-0.15, -0.1) is 0 Å². The van der Waals surface area contributed by atoms with Gasteiger partial charge in [-0.2, -0.15) is 0 Å². The highest BCUT2D eigenvalue weighted by Crippen LogP contribution is 3.90. The number of hydrogen-bond donors (Lipinski definition) is 0. The minimum atomic E-state index is 0.676. The van der Waals surface area contributed by atoms with Crippen molar-refractivity contribution in [2.24, 2.45) is 399 Å². The van der Waals surface area contributed by atoms with Crippen LogP contribution in [0.4, 0.5) is 0 Å². The molecular formula is C106H78. The van der Waals surface area contributed by atoms with E-state index in [4.69, 9.17) is 0 Å². The van der Waals surface area contributed by atoms with E-state index in [0.29, 0.717) is 27.1 Å². The van der Waals surface area contributed by atoms with E-state index in [1.165, 1.54) is 136 Å². The van der Waals surface area contributed by atoms with Gasteiger partial charge in [-0.25, -0.2) is 0 Å². The molecule has 106 heavy (non-hydrogen) atoms. The molecule has 68 fully saturated rings. The van der Waals surface area contributed by atoms with E-state index in [1.807, 2.05) is 0 Å². The maximum absolute atomic E-state index is 3.54. The van der Waals surface area contributed by atoms with Gasteiger partial charge in [0, 0.05) is 0 Å². The van der Waals surface area contributed by atoms with Gasteiger partial charge in [0.25, 0.3) is 0 Å². The molecule has 89 unspecified atom stereocenters. The van der Waals surface area contributed by atoms with Gasteiger partial charge in [0.05, 0.1) is 0 Å². The lowest BCUT2D eigenvalue weighted by atomic mass is 8.22. The Morgan fingerprint density at radius 1 is 0.217 bits per heavy atom. The summed E-state index contributed by atoms with van der Waals surface area (Å²) in [5.41, 5.74) is 57.1. The van der Waals surface area contributed by atoms with E-state index >= 15 is 0 Å². The standard InChI is InChI=1S/C106H78/c1-16-18(2)25-31-35-39-43-44-40-36-32-28-20(4)49(10)53(14)54(15)52(13)48(9)21(5)29-33-37-41-45-46-42-38-34-30-24-17-19(3)47(24,8)55(30)61(34)65(38)69(42)73(46)75(45)71(41)67(37)63(33)57(29,48)78(52)80(54)79(53)58(28,49)64(32)68(36)72(40)76(44)74(43)70(39)66(35)62(31)56(25)50(11)22(6)26-27-23(7)51(12)60(27)59(26,50)81(56)82(60)77(51,55)83(61)87(65)91(69)95(73)96(75)92(71)88(67)84(63,78)99(80)85(64,79)89(68)93(72)97(76)98(74)94(70)90(66)86(62,81)100(82,83)102(87,90)104(91,94)106(95,98)105(96,97)103(92,93)101(88,89)99/h18-46H,16-17H2,1-15H3. The molecule has 68 rings (SSSR count). The third-order valence-electron chi connectivity index (χ3n) is 91.6. The summed E-state index contributed by atoms with van der Waals surface area (Å²) in [6.45, 7) is 49.3. The molecule has 68 aliphatic carbocycles. The fraction of sp³-hybridized carbons (Fsp3) is 1.00. The van der Waals surface area contributed by atoms with Crippen molar-refractivity contribution in [3.8, 4) is 0 Å². The maximum atomic E-state index is 3.54. The van der Waals surface area contributed by atoms with Gasteiger partial charge in [-0.05, 0) is 503 Å². The smallest absolute Gasteiger partial charge is 0.0000249 e. The van der Waals surface area contributed by atoms with Crippen LogP contribution in [0.15, 0.2) is 0 Å². The highest BCUT2D eigenvalue weighted by molar-refractivity contribution is 6.77. The van der Waals surface area contributed by atoms with Crippen molar-refractivity contribution in [3.05, 3.63) is 97.5 Å². The minimum Gasteiger partial charge on any atom is -0.0651 e. The molecule has 68 saturated carbocycles. The third kappa shape index (κ3) is 0.777. The molecule has 52 spiro atoms. The summed E-state index contributed by atoms with van der Waals surface area (Å²) in [6, 6.07) is 0. The summed E-state index contributed by atoms with van der Waals surface area (Å²) in [5.74, 6) is 36.9. The second-order valence-electron chi connectivity index (χ2n) is 67.6. The van der Waals surface area contributed by atoms with E-state index in [0.717, 1.165) is 333 Å². The van der Waals surface area contributed by atoms with E-state index in [-0.39, 0.29) is 0 Å². The van der Waals surface area contributed by atoms with Crippen molar-refractivity contribution >= 4 is 0 Å². The van der Waals surface area contributed by atoms with E-state index in [9.17, 15) is 0 Å². The van der Waals surface area contributed by atoms with Gasteiger partial charge < -0.3 is 0 Å². The second kappa shape index (κ2) is 5.63. The molecule has 0 heterocycles. The lowest BCUT2D eigenvalue weighted by Gasteiger charge is -3.80. The Bertz CT molecular complexity index is 7910. The van der Waals surface area contributed by atoms with Crippen LogP contribution in [0.25, 0.3) is 0 Å². The number of fused-ring (bicyclic) bond motifs is 24. The van der Waals surface area contributed by atoms with Crippen LogP contribution in [-0.2, 0) is 0 Å². The van der Waals surface area contributed by atoms with Crippen LogP contribution in [0, 0.1) is 497 Å². The first-order valence-corrected chi connectivity index (χ1v) is 51.3. The van der Waals surface area contributed by atoms with Gasteiger partial charge in [-0.1, -0.05) is 110 Å². The zero-order chi connectivity index (χ0) is 63.2. The van der Waals surface area contributed by atoms with Crippen LogP contribution in [0.1, 0.15) is 117 Å². The summed E-state index contributed by atoms with van der Waals surface area (Å²) in [6.07, 6.45) is 3.32. The van der Waals surface area contributed by atoms with Crippen molar-refractivity contribution in [3.63, 3.8) is 0 Å². The van der Waals surface area contributed by atoms with E-state index in [1.54, 1.807) is 12.8 Å². The fourth-order valence-electron chi connectivity index (χ4n) is 117. The molecule has 0 aromatic carbocycles. The Morgan fingerprint density at radius 2 is 0.472 bits per heavy atom. The molecule has 502 valence electrons. The first-order valence-electron chi connectivity index (χ1n) is 51.3. The summed E-state index contributed by atoms with van der Waals surface area (Å²) in [5, 5.41) is 0. The van der Waals surface area contributed by atoms with Crippen molar-refractivity contribution in [2.75, 3.05) is 0 Å². The average molecular weight is 1350 g/mol. The van der Waals surface area contributed by atoms with Crippen molar-refractivity contribution in [2.45, 2.75) is 117 Å². The molecule has 0 aliphatic heterocycles. The first kappa shape index (κ1) is 39.0. The Kier molecular flexibility index (Phi) is 2.08. The lowest BCUT2D eigenvalue weighted by Crippen LogP contribution is -3.76. The van der Waals surface area contributed by atoms with Gasteiger partial charge in [-0.3, -0.25) is 0 Å². The lowest BCUT2D eigenvalue weighted by molar-refractivity contribution is -1.12. The molecule has 0 N–H and O–H groups in total. The Balaban J connectivity index is 0.597. The molecular weight excluding hydrogens is 1270 g/mol. The van der Waals surface area contributed by atoms with Gasteiger partial charge in [0.1, 0.15) is 0 Å². The summed E-state index contributed by atoms with van der Waals surface area (Å²) >= 11 is 0. The van der Waals surface area contributed by atoms with Crippen LogP contribution in [0.3, 0.4) is 0 Å². The molecule has 0 bridgehead atoms. The normalized spacial score (nSPS) is 138. The van der Waals surface area contributed by atoms with Gasteiger partial charge >= 0.3 is 0 Å². The monoisotopic (exact) mass is 1350 g/mol. The molecule has 0 nitrogen and oxygen atoms in total. The molecule has 0 aromatic heterocycles. The summed E-state index contributed by atoms with van der Waals surface area (Å²) in [7, 11) is 0. The largest absolute Gasteiger partial charge is 0.0651 e. The quantitative estimate of drug-likeness (QED) is 0.259. The molecule has 0 aromatic rings. The predicted octanol–water partition coefficient (Wildman–Crippen LogP) is 13.5. The van der Waals surface area contributed by atoms with Gasteiger partial charge in [0.15, 0.2) is 0 Å². The number of rotatable bonds is 2. The van der Waals surface area contributed by atoms with E-state index < -0.39 is 0 Å². The van der Waals surface area contributed by atoms with Crippen LogP contribution >= 0.6 is 0 Å². The Labute approximate surface area is 609 Å². The SMILES string of the molecule is CCC(C)C1C2C3C4C5C6C7C8C9C%10C(C)C%11(C)C%12(C)C%13(C)C%14(C)C%15(C)C(C)C%16C%17C%18C%19C%20C%21C%22C%23C%24C%25C%26CC(C)C%26(C)C%25%26C%24%25C%23%24C%22%23C%21%22C%20%21C%19%20C%18%19C%17%18C%16%15C%14%15C%13%14C%12%13C%10%11C9%10C89C78C67C56C45C34C23C12C1(C)C(C)C%11C%12C(C)C%16(C)C%12%17C%111C21C%172C%16%26C%25%11C%24%12C%23%16C%22%17C%21%22C%20%21C%19%20C%18%15C%14%15C%10%13C9%10C89C78C67C56C45C31C2%11C%125C%166C%177C%228C%219C%20%10%15. The molecule has 0 saturated heterocycles. The fourth-order valence-corrected chi connectivity index (χ4v) is 117. The third-order valence-corrected chi connectivity index (χ3v) is 91.6. The maximum Gasteiger partial charge on any atom is -0.0000249 e. The van der Waals surface area contributed by atoms with Crippen molar-refractivity contribution < 1.29 is 0 Å². The highest BCUT2D eigenvalue weighted by Gasteiger charge is 3.86. The topological polar surface area (TPSA) is 0 Å². The predicted molar refractivity (Wildman–Crippen MR) is 356 cm³/mol. The summed E-state index contributed by atoms with van der Waals surface area (Å²) in [4.78, 5) is 0. The van der Waals surface area contributed by atoms with Crippen molar-refractivity contribution in [1.29, 1.82) is 0 Å². The van der Waals surface area contributed by atoms with Crippen LogP contribution in [0.2, 0.25) is 0 Å². The Morgan fingerprint density at radius 3 is 0.868 bits per heavy atom. The molecule has 68 aliphatic rings. The molecule has 0 radical (unpaired) electrons. The highest BCUT2D eigenvalue weighted by atomic mass is 15.9. The van der Waals surface area contributed by atoms with Crippen molar-refractivity contribution in [1.82, 2.24) is 0 Å². The van der Waals surface area contributed by atoms with Crippen LogP contribution in [-0.4, -0.2) is 0 Å². The van der Waals surface area contributed by atoms with Gasteiger partial charge in [0.2, 0.25) is 0 Å². The second-order valence-corrected chi connectivity index (χ2v) is 67.6. The zero-order valence-corrected chi connectivity index (χ0v) is 63.2. The number of hydrogen-bond acceptors (Lipinski definition) is 0. The van der Waals surface area contributed by atoms with Crippen LogP contribution < -0.4 is 0 Å². The summed E-state index contributed by atoms with van der Waals surface area (Å²) < 4.78 is 0. The first-order chi connectivity index (χ1) is 51.3. The van der Waals surface area contributed by atoms with Crippen LogP contribution in [0.5, 0.6) is 0 Å². The van der Waals surface area contributed by atoms with E-state index in [2.05, 4.69) is 104 Å². The zero-order valence-electron chi connectivity index (χ0n) is 63.2. The molecule has 0 heteroatoms. The molecule has 89 atom stereocenters. The molecule has 0 amide bonds. The minimum absolute atomic E-state index is 0.676. The Hall–Kier alpha value is 0. The average Bonchev–Trinajstić information content (AvgIpc) is 0.398.